The number of ether oxygens (including phenoxy) is 1. The van der Waals surface area contributed by atoms with Gasteiger partial charge in [0.05, 0.1) is 6.61 Å². The molecule has 0 aliphatic rings. The molecule has 1 aromatic rings. The molecule has 0 saturated heterocycles. The topological polar surface area (TPSA) is 72.5 Å². The normalized spacial score (nSPS) is 11.6. The number of ketones is 1. The summed E-state index contributed by atoms with van der Waals surface area (Å²) in [6, 6.07) is 6.76. The van der Waals surface area contributed by atoms with Crippen molar-refractivity contribution in [2.24, 2.45) is 0 Å². The van der Waals surface area contributed by atoms with Crippen molar-refractivity contribution in [3.8, 4) is 0 Å². The molecule has 0 saturated carbocycles. The van der Waals surface area contributed by atoms with E-state index in [9.17, 15) is 14.4 Å². The van der Waals surface area contributed by atoms with E-state index in [-0.39, 0.29) is 18.8 Å². The van der Waals surface area contributed by atoms with Crippen molar-refractivity contribution >= 4 is 17.7 Å². The minimum atomic E-state index is -1.22. The first-order valence-electron chi connectivity index (χ1n) is 7.52. The molecule has 0 aliphatic heterocycles. The van der Waals surface area contributed by atoms with Crippen LogP contribution in [0.1, 0.15) is 38.3 Å². The van der Waals surface area contributed by atoms with E-state index in [1.165, 1.54) is 12.5 Å². The van der Waals surface area contributed by atoms with Crippen molar-refractivity contribution in [2.45, 2.75) is 46.1 Å². The first-order valence-corrected chi connectivity index (χ1v) is 7.52. The predicted octanol–water partition coefficient (Wildman–Crippen LogP) is 1.82. The first-order chi connectivity index (χ1) is 10.5. The fourth-order valence-electron chi connectivity index (χ4n) is 2.12. The summed E-state index contributed by atoms with van der Waals surface area (Å²) in [7, 11) is 0. The Morgan fingerprint density at radius 3 is 2.45 bits per heavy atom. The maximum Gasteiger partial charge on any atom is 0.336 e. The molecule has 0 heterocycles. The van der Waals surface area contributed by atoms with Crippen LogP contribution in [0.25, 0.3) is 0 Å². The average Bonchev–Trinajstić information content (AvgIpc) is 2.50. The lowest BCUT2D eigenvalue weighted by atomic mass is 10.0. The number of rotatable bonds is 8. The standard InChI is InChI=1S/C17H23NO4/c1-4-13-7-6-8-14(11-13)9-10-15(20)16(18-12(3)19)17(21)22-5-2/h6-8,11,16H,4-5,9-10H2,1-3H3,(H,18,19). The molecule has 5 heteroatoms. The lowest BCUT2D eigenvalue weighted by Gasteiger charge is -2.15. The minimum Gasteiger partial charge on any atom is -0.464 e. The SMILES string of the molecule is CCOC(=O)C(NC(C)=O)C(=O)CCc1cccc(CC)c1. The van der Waals surface area contributed by atoms with Gasteiger partial charge in [0.15, 0.2) is 11.8 Å². The number of benzene rings is 1. The van der Waals surface area contributed by atoms with Gasteiger partial charge in [-0.1, -0.05) is 31.2 Å². The quantitative estimate of drug-likeness (QED) is 0.587. The molecule has 0 bridgehead atoms. The van der Waals surface area contributed by atoms with Crippen LogP contribution in [0.15, 0.2) is 24.3 Å². The summed E-state index contributed by atoms with van der Waals surface area (Å²) in [6.07, 6.45) is 1.64. The van der Waals surface area contributed by atoms with E-state index in [4.69, 9.17) is 4.74 Å². The third kappa shape index (κ3) is 5.68. The maximum absolute atomic E-state index is 12.2. The molecule has 1 N–H and O–H groups in total. The molecule has 1 unspecified atom stereocenters. The Balaban J connectivity index is 2.69. The van der Waals surface area contributed by atoms with Gasteiger partial charge in [0.1, 0.15) is 0 Å². The van der Waals surface area contributed by atoms with E-state index in [2.05, 4.69) is 12.2 Å². The third-order valence-corrected chi connectivity index (χ3v) is 3.25. The summed E-state index contributed by atoms with van der Waals surface area (Å²) >= 11 is 0. The molecule has 0 aliphatic carbocycles. The van der Waals surface area contributed by atoms with Gasteiger partial charge in [-0.3, -0.25) is 9.59 Å². The van der Waals surface area contributed by atoms with Gasteiger partial charge in [-0.15, -0.1) is 0 Å². The Labute approximate surface area is 131 Å². The van der Waals surface area contributed by atoms with Gasteiger partial charge in [-0.2, -0.15) is 0 Å². The molecule has 1 rings (SSSR count). The Bertz CT molecular complexity index is 539. The van der Waals surface area contributed by atoms with Gasteiger partial charge < -0.3 is 10.1 Å². The average molecular weight is 305 g/mol. The van der Waals surface area contributed by atoms with Crippen molar-refractivity contribution in [2.75, 3.05) is 6.61 Å². The second kappa shape index (κ2) is 8.97. The van der Waals surface area contributed by atoms with Crippen LogP contribution in [0.5, 0.6) is 0 Å². The van der Waals surface area contributed by atoms with Crippen LogP contribution in [-0.4, -0.2) is 30.3 Å². The summed E-state index contributed by atoms with van der Waals surface area (Å²) in [5.41, 5.74) is 2.24. The molecule has 0 aromatic heterocycles. The number of hydrogen-bond donors (Lipinski definition) is 1. The van der Waals surface area contributed by atoms with E-state index in [1.54, 1.807) is 6.92 Å². The molecule has 0 spiro atoms. The van der Waals surface area contributed by atoms with Crippen LogP contribution >= 0.6 is 0 Å². The maximum atomic E-state index is 12.2. The van der Waals surface area contributed by atoms with Crippen molar-refractivity contribution < 1.29 is 19.1 Å². The van der Waals surface area contributed by atoms with Gasteiger partial charge >= 0.3 is 5.97 Å². The fraction of sp³-hybridized carbons (Fsp3) is 0.471. The summed E-state index contributed by atoms with van der Waals surface area (Å²) in [4.78, 5) is 35.1. The highest BCUT2D eigenvalue weighted by molar-refractivity contribution is 6.05. The second-order valence-corrected chi connectivity index (χ2v) is 5.03. The van der Waals surface area contributed by atoms with E-state index in [0.717, 1.165) is 12.0 Å². The van der Waals surface area contributed by atoms with Crippen LogP contribution < -0.4 is 5.32 Å². The molecule has 1 amide bonds. The number of aryl methyl sites for hydroxylation is 2. The van der Waals surface area contributed by atoms with Crippen LogP contribution in [0, 0.1) is 0 Å². The Morgan fingerprint density at radius 1 is 1.18 bits per heavy atom. The molecular weight excluding hydrogens is 282 g/mol. The zero-order valence-electron chi connectivity index (χ0n) is 13.3. The molecule has 22 heavy (non-hydrogen) atoms. The second-order valence-electron chi connectivity index (χ2n) is 5.03. The van der Waals surface area contributed by atoms with Crippen molar-refractivity contribution in [3.05, 3.63) is 35.4 Å². The van der Waals surface area contributed by atoms with Crippen molar-refractivity contribution in [1.29, 1.82) is 0 Å². The molecule has 1 atom stereocenters. The summed E-state index contributed by atoms with van der Waals surface area (Å²) < 4.78 is 4.84. The minimum absolute atomic E-state index is 0.167. The highest BCUT2D eigenvalue weighted by Gasteiger charge is 2.28. The number of hydrogen-bond acceptors (Lipinski definition) is 4. The largest absolute Gasteiger partial charge is 0.464 e. The van der Waals surface area contributed by atoms with Gasteiger partial charge in [-0.25, -0.2) is 4.79 Å². The number of carbonyl (C=O) groups is 3. The Kier molecular flexibility index (Phi) is 7.29. The zero-order chi connectivity index (χ0) is 16.5. The highest BCUT2D eigenvalue weighted by atomic mass is 16.5. The fourth-order valence-corrected chi connectivity index (χ4v) is 2.12. The number of amides is 1. The predicted molar refractivity (Wildman–Crippen MR) is 83.4 cm³/mol. The Hall–Kier alpha value is -2.17. The lowest BCUT2D eigenvalue weighted by Crippen LogP contribution is -2.46. The van der Waals surface area contributed by atoms with Crippen LogP contribution in [-0.2, 0) is 32.0 Å². The molecule has 0 radical (unpaired) electrons. The number of Topliss-reactive ketones (excluding diaryl/α,β-unsaturated/α-hetero) is 1. The third-order valence-electron chi connectivity index (χ3n) is 3.25. The molecule has 5 nitrogen and oxygen atoms in total. The van der Waals surface area contributed by atoms with Crippen LogP contribution in [0.2, 0.25) is 0 Å². The summed E-state index contributed by atoms with van der Waals surface area (Å²) in [6.45, 7) is 5.16. The lowest BCUT2D eigenvalue weighted by molar-refractivity contribution is -0.150. The monoisotopic (exact) mass is 305 g/mol. The summed E-state index contributed by atoms with van der Waals surface area (Å²) in [5, 5.41) is 2.36. The number of carbonyl (C=O) groups excluding carboxylic acids is 3. The molecule has 1 aromatic carbocycles. The van der Waals surface area contributed by atoms with Crippen LogP contribution in [0.4, 0.5) is 0 Å². The van der Waals surface area contributed by atoms with Gasteiger partial charge in [0, 0.05) is 13.3 Å². The van der Waals surface area contributed by atoms with E-state index < -0.39 is 17.9 Å². The van der Waals surface area contributed by atoms with E-state index >= 15 is 0 Å². The Morgan fingerprint density at radius 2 is 1.86 bits per heavy atom. The smallest absolute Gasteiger partial charge is 0.336 e. The molecule has 120 valence electrons. The van der Waals surface area contributed by atoms with E-state index in [0.29, 0.717) is 6.42 Å². The highest BCUT2D eigenvalue weighted by Crippen LogP contribution is 2.09. The van der Waals surface area contributed by atoms with Crippen molar-refractivity contribution in [1.82, 2.24) is 5.32 Å². The summed E-state index contributed by atoms with van der Waals surface area (Å²) in [5.74, 6) is -1.47. The number of nitrogens with one attached hydrogen (secondary N) is 1. The van der Waals surface area contributed by atoms with Gasteiger partial charge in [0.25, 0.3) is 0 Å². The van der Waals surface area contributed by atoms with Crippen molar-refractivity contribution in [3.63, 3.8) is 0 Å². The van der Waals surface area contributed by atoms with E-state index in [1.807, 2.05) is 24.3 Å². The molecule has 0 fully saturated rings. The van der Waals surface area contributed by atoms with Gasteiger partial charge in [0.2, 0.25) is 5.91 Å². The van der Waals surface area contributed by atoms with Gasteiger partial charge in [-0.05, 0) is 30.9 Å². The zero-order valence-corrected chi connectivity index (χ0v) is 13.3. The molecular formula is C17H23NO4. The first kappa shape index (κ1) is 17.9. The van der Waals surface area contributed by atoms with Crippen LogP contribution in [0.3, 0.4) is 0 Å². The number of esters is 1.